The molecule has 10 heteroatoms. The normalized spacial score (nSPS) is 16.7. The Morgan fingerprint density at radius 1 is 1.11 bits per heavy atom. The molecule has 2 aromatic carbocycles. The molecule has 0 bridgehead atoms. The smallest absolute Gasteiger partial charge is 0.350 e. The fourth-order valence-electron chi connectivity index (χ4n) is 4.27. The SMILES string of the molecule is CCOc1ccccc1[C@@H]1/C(=C(\O)c2ccc(OC)c(C)c2)C(=O)C(=O)N1c1nc(C)c(C(=O)OC)s1. The third-order valence-electron chi connectivity index (χ3n) is 5.99. The number of carbonyl (C=O) groups is 3. The number of carbonyl (C=O) groups excluding carboxylic acids is 3. The number of ether oxygens (including phenoxy) is 3. The molecule has 0 aliphatic carbocycles. The second-order valence-electron chi connectivity index (χ2n) is 8.23. The van der Waals surface area contributed by atoms with E-state index in [4.69, 9.17) is 14.2 Å². The molecule has 1 aliphatic rings. The van der Waals surface area contributed by atoms with Crippen molar-refractivity contribution in [3.8, 4) is 11.5 Å². The molecule has 3 aromatic rings. The lowest BCUT2D eigenvalue weighted by Crippen LogP contribution is -2.29. The van der Waals surface area contributed by atoms with Gasteiger partial charge in [0.15, 0.2) is 5.13 Å². The van der Waals surface area contributed by atoms with Crippen LogP contribution in [0.5, 0.6) is 11.5 Å². The maximum atomic E-state index is 13.5. The summed E-state index contributed by atoms with van der Waals surface area (Å²) in [4.78, 5) is 45.0. The molecule has 9 nitrogen and oxygen atoms in total. The largest absolute Gasteiger partial charge is 0.507 e. The van der Waals surface area contributed by atoms with Gasteiger partial charge in [-0.3, -0.25) is 14.5 Å². The molecule has 1 atom stereocenters. The topological polar surface area (TPSA) is 115 Å². The first-order valence-electron chi connectivity index (χ1n) is 11.5. The predicted molar refractivity (Wildman–Crippen MR) is 138 cm³/mol. The molecule has 1 saturated heterocycles. The molecule has 0 radical (unpaired) electrons. The fraction of sp³-hybridized carbons (Fsp3) is 0.259. The number of para-hydroxylation sites is 1. The summed E-state index contributed by atoms with van der Waals surface area (Å²) < 4.78 is 15.9. The van der Waals surface area contributed by atoms with Crippen LogP contribution < -0.4 is 14.4 Å². The Kier molecular flexibility index (Phi) is 7.30. The number of methoxy groups -OCH3 is 2. The van der Waals surface area contributed by atoms with Gasteiger partial charge in [-0.25, -0.2) is 9.78 Å². The van der Waals surface area contributed by atoms with Crippen LogP contribution in [-0.2, 0) is 14.3 Å². The summed E-state index contributed by atoms with van der Waals surface area (Å²) in [5.74, 6) is -1.64. The van der Waals surface area contributed by atoms with Crippen LogP contribution in [0.3, 0.4) is 0 Å². The number of anilines is 1. The molecule has 37 heavy (non-hydrogen) atoms. The Bertz CT molecular complexity index is 1430. The van der Waals surface area contributed by atoms with Crippen molar-refractivity contribution in [2.45, 2.75) is 26.8 Å². The molecule has 1 fully saturated rings. The Hall–Kier alpha value is -4.18. The highest BCUT2D eigenvalue weighted by Crippen LogP contribution is 2.46. The first kappa shape index (κ1) is 25.9. The monoisotopic (exact) mass is 522 g/mol. The summed E-state index contributed by atoms with van der Waals surface area (Å²) in [6.45, 7) is 5.59. The number of aliphatic hydroxyl groups is 1. The Labute approximate surface area is 217 Å². The van der Waals surface area contributed by atoms with E-state index in [1.807, 2.05) is 13.8 Å². The number of esters is 1. The maximum absolute atomic E-state index is 13.5. The van der Waals surface area contributed by atoms with E-state index >= 15 is 0 Å². The van der Waals surface area contributed by atoms with Gasteiger partial charge in [-0.15, -0.1) is 0 Å². The second-order valence-corrected chi connectivity index (χ2v) is 9.20. The van der Waals surface area contributed by atoms with Gasteiger partial charge in [0.05, 0.1) is 32.1 Å². The molecule has 0 unspecified atom stereocenters. The number of Topliss-reactive ketones (excluding diaryl/α,β-unsaturated/α-hetero) is 1. The van der Waals surface area contributed by atoms with Crippen LogP contribution in [0.25, 0.3) is 5.76 Å². The maximum Gasteiger partial charge on any atom is 0.350 e. The molecule has 1 N–H and O–H groups in total. The number of thiazole rings is 1. The van der Waals surface area contributed by atoms with E-state index in [2.05, 4.69) is 4.98 Å². The number of aryl methyl sites for hydroxylation is 2. The lowest BCUT2D eigenvalue weighted by Gasteiger charge is -2.24. The number of ketones is 1. The van der Waals surface area contributed by atoms with Crippen molar-refractivity contribution in [1.82, 2.24) is 4.98 Å². The number of amides is 1. The zero-order chi connectivity index (χ0) is 26.9. The minimum absolute atomic E-state index is 0.116. The number of benzene rings is 2. The van der Waals surface area contributed by atoms with Gasteiger partial charge in [-0.2, -0.15) is 0 Å². The molecule has 2 heterocycles. The number of rotatable bonds is 7. The minimum atomic E-state index is -1.05. The van der Waals surface area contributed by atoms with Gasteiger partial charge in [0.25, 0.3) is 5.78 Å². The highest BCUT2D eigenvalue weighted by Gasteiger charge is 2.49. The van der Waals surface area contributed by atoms with Crippen molar-refractivity contribution < 1.29 is 33.7 Å². The van der Waals surface area contributed by atoms with Gasteiger partial charge in [0, 0.05) is 11.1 Å². The highest BCUT2D eigenvalue weighted by molar-refractivity contribution is 7.17. The number of aromatic nitrogens is 1. The van der Waals surface area contributed by atoms with Crippen molar-refractivity contribution in [1.29, 1.82) is 0 Å². The number of hydrogen-bond donors (Lipinski definition) is 1. The van der Waals surface area contributed by atoms with Crippen molar-refractivity contribution >= 4 is 39.9 Å². The van der Waals surface area contributed by atoms with E-state index in [1.54, 1.807) is 49.4 Å². The van der Waals surface area contributed by atoms with Crippen LogP contribution in [0, 0.1) is 13.8 Å². The average Bonchev–Trinajstić information content (AvgIpc) is 3.40. The van der Waals surface area contributed by atoms with Crippen LogP contribution in [0.1, 0.15) is 45.0 Å². The first-order valence-corrected chi connectivity index (χ1v) is 12.3. The summed E-state index contributed by atoms with van der Waals surface area (Å²) in [5.41, 5.74) is 1.82. The Balaban J connectivity index is 1.97. The standard InChI is InChI=1S/C27H26N2O7S/c1-6-36-19-10-8-7-9-17(19)21-20(22(30)16-11-12-18(34-4)14(2)13-16)23(31)25(32)29(21)27-28-15(3)24(37-27)26(33)35-5/h7-13,21,30H,6H2,1-5H3/b22-20+/t21-/m1/s1. The summed E-state index contributed by atoms with van der Waals surface area (Å²) in [7, 11) is 2.79. The summed E-state index contributed by atoms with van der Waals surface area (Å²) in [6.07, 6.45) is 0. The van der Waals surface area contributed by atoms with E-state index in [1.165, 1.54) is 19.1 Å². The van der Waals surface area contributed by atoms with Gasteiger partial charge < -0.3 is 19.3 Å². The second kappa shape index (κ2) is 10.4. The Morgan fingerprint density at radius 2 is 1.84 bits per heavy atom. The van der Waals surface area contributed by atoms with Crippen molar-refractivity contribution in [2.75, 3.05) is 25.7 Å². The van der Waals surface area contributed by atoms with Crippen LogP contribution in [0.2, 0.25) is 0 Å². The van der Waals surface area contributed by atoms with Gasteiger partial charge in [0.1, 0.15) is 28.2 Å². The first-order chi connectivity index (χ1) is 17.7. The van der Waals surface area contributed by atoms with Crippen molar-refractivity contribution in [2.24, 2.45) is 0 Å². The zero-order valence-corrected chi connectivity index (χ0v) is 21.8. The number of aliphatic hydroxyl groups excluding tert-OH is 1. The van der Waals surface area contributed by atoms with Crippen LogP contribution in [-0.4, -0.2) is 48.6 Å². The summed E-state index contributed by atoms with van der Waals surface area (Å²) >= 11 is 0.935. The number of hydrogen-bond acceptors (Lipinski definition) is 9. The number of nitrogens with zero attached hydrogens (tertiary/aromatic N) is 2. The molecule has 0 saturated carbocycles. The van der Waals surface area contributed by atoms with E-state index in [0.29, 0.717) is 34.9 Å². The Morgan fingerprint density at radius 3 is 2.49 bits per heavy atom. The van der Waals surface area contributed by atoms with Crippen LogP contribution in [0.15, 0.2) is 48.0 Å². The van der Waals surface area contributed by atoms with Gasteiger partial charge in [0.2, 0.25) is 0 Å². The van der Waals surface area contributed by atoms with E-state index < -0.39 is 23.7 Å². The van der Waals surface area contributed by atoms with E-state index in [-0.39, 0.29) is 21.3 Å². The van der Waals surface area contributed by atoms with Gasteiger partial charge in [-0.05, 0) is 50.6 Å². The quantitative estimate of drug-likeness (QED) is 0.208. The van der Waals surface area contributed by atoms with Crippen molar-refractivity contribution in [3.63, 3.8) is 0 Å². The van der Waals surface area contributed by atoms with Gasteiger partial charge in [-0.1, -0.05) is 29.5 Å². The molecule has 0 spiro atoms. The molecule has 1 aliphatic heterocycles. The van der Waals surface area contributed by atoms with E-state index in [0.717, 1.165) is 16.9 Å². The average molecular weight is 523 g/mol. The lowest BCUT2D eigenvalue weighted by atomic mass is 9.94. The molecular formula is C27H26N2O7S. The van der Waals surface area contributed by atoms with Crippen LogP contribution >= 0.6 is 11.3 Å². The molecule has 192 valence electrons. The minimum Gasteiger partial charge on any atom is -0.507 e. The summed E-state index contributed by atoms with van der Waals surface area (Å²) in [6, 6.07) is 10.9. The molecular weight excluding hydrogens is 496 g/mol. The predicted octanol–water partition coefficient (Wildman–Crippen LogP) is 4.58. The fourth-order valence-corrected chi connectivity index (χ4v) is 5.28. The third-order valence-corrected chi connectivity index (χ3v) is 7.13. The molecule has 4 rings (SSSR count). The zero-order valence-electron chi connectivity index (χ0n) is 21.0. The molecule has 1 aromatic heterocycles. The van der Waals surface area contributed by atoms with Gasteiger partial charge >= 0.3 is 11.9 Å². The summed E-state index contributed by atoms with van der Waals surface area (Å²) in [5, 5.41) is 11.5. The molecule has 1 amide bonds. The lowest BCUT2D eigenvalue weighted by molar-refractivity contribution is -0.132. The third kappa shape index (κ3) is 4.55. The van der Waals surface area contributed by atoms with Crippen molar-refractivity contribution in [3.05, 3.63) is 75.3 Å². The van der Waals surface area contributed by atoms with Crippen LogP contribution in [0.4, 0.5) is 5.13 Å². The van der Waals surface area contributed by atoms with E-state index in [9.17, 15) is 19.5 Å². The highest BCUT2D eigenvalue weighted by atomic mass is 32.1.